The van der Waals surface area contributed by atoms with Crippen LogP contribution in [0.3, 0.4) is 0 Å². The van der Waals surface area contributed by atoms with E-state index in [4.69, 9.17) is 4.55 Å². The Morgan fingerprint density at radius 1 is 1.16 bits per heavy atom. The average molecular weight is 283 g/mol. The van der Waals surface area contributed by atoms with Crippen molar-refractivity contribution in [3.63, 3.8) is 0 Å². The van der Waals surface area contributed by atoms with Gasteiger partial charge in [-0.1, -0.05) is 12.8 Å². The third kappa shape index (κ3) is 4.53. The molecule has 1 aliphatic rings. The monoisotopic (exact) mass is 283 g/mol. The van der Waals surface area contributed by atoms with Gasteiger partial charge in [0, 0.05) is 17.4 Å². The summed E-state index contributed by atoms with van der Waals surface area (Å²) >= 11 is -2.09. The van der Waals surface area contributed by atoms with Crippen LogP contribution in [0.4, 0.5) is 16.2 Å². The SMILES string of the molecule is O=C(Nc1ccc(NS(=O)O)cc1)NC1CCCC1. The molecule has 1 aromatic carbocycles. The molecule has 0 heterocycles. The molecule has 1 saturated carbocycles. The molecule has 1 aliphatic carbocycles. The minimum absolute atomic E-state index is 0.210. The summed E-state index contributed by atoms with van der Waals surface area (Å²) in [5.74, 6) is 0. The van der Waals surface area contributed by atoms with Crippen molar-refractivity contribution in [1.29, 1.82) is 0 Å². The van der Waals surface area contributed by atoms with Crippen molar-refractivity contribution in [3.8, 4) is 0 Å². The van der Waals surface area contributed by atoms with Gasteiger partial charge in [-0.25, -0.2) is 9.00 Å². The quantitative estimate of drug-likeness (QED) is 0.639. The van der Waals surface area contributed by atoms with Crippen molar-refractivity contribution in [2.24, 2.45) is 0 Å². The number of hydrogen-bond donors (Lipinski definition) is 4. The zero-order chi connectivity index (χ0) is 13.7. The number of nitrogens with one attached hydrogen (secondary N) is 3. The number of anilines is 2. The van der Waals surface area contributed by atoms with Crippen molar-refractivity contribution in [2.75, 3.05) is 10.0 Å². The van der Waals surface area contributed by atoms with Crippen LogP contribution in [0.5, 0.6) is 0 Å². The Morgan fingerprint density at radius 3 is 2.32 bits per heavy atom. The van der Waals surface area contributed by atoms with Crippen LogP contribution < -0.4 is 15.4 Å². The Kier molecular flexibility index (Phi) is 4.75. The highest BCUT2D eigenvalue weighted by molar-refractivity contribution is 7.80. The van der Waals surface area contributed by atoms with E-state index in [9.17, 15) is 9.00 Å². The summed E-state index contributed by atoms with van der Waals surface area (Å²) in [5, 5.41) is 5.65. The second-order valence-electron chi connectivity index (χ2n) is 4.51. The molecule has 1 aromatic rings. The van der Waals surface area contributed by atoms with Crippen LogP contribution in [-0.4, -0.2) is 20.8 Å². The lowest BCUT2D eigenvalue weighted by atomic mass is 10.2. The van der Waals surface area contributed by atoms with Gasteiger partial charge in [0.1, 0.15) is 0 Å². The van der Waals surface area contributed by atoms with E-state index in [2.05, 4.69) is 15.4 Å². The number of benzene rings is 1. The molecule has 0 aliphatic heterocycles. The van der Waals surface area contributed by atoms with Crippen molar-refractivity contribution in [1.82, 2.24) is 5.32 Å². The normalized spacial score (nSPS) is 16.9. The first kappa shape index (κ1) is 13.8. The fourth-order valence-corrected chi connectivity index (χ4v) is 2.48. The summed E-state index contributed by atoms with van der Waals surface area (Å²) in [5.41, 5.74) is 1.16. The smallest absolute Gasteiger partial charge is 0.319 e. The molecule has 0 spiro atoms. The van der Waals surface area contributed by atoms with Gasteiger partial charge in [0.25, 0.3) is 11.3 Å². The van der Waals surface area contributed by atoms with Gasteiger partial charge in [-0.15, -0.1) is 0 Å². The highest BCUT2D eigenvalue weighted by Gasteiger charge is 2.16. The van der Waals surface area contributed by atoms with E-state index >= 15 is 0 Å². The topological polar surface area (TPSA) is 90.5 Å². The van der Waals surface area contributed by atoms with Crippen LogP contribution in [0.15, 0.2) is 24.3 Å². The molecule has 0 radical (unpaired) electrons. The first-order valence-electron chi connectivity index (χ1n) is 6.18. The van der Waals surface area contributed by atoms with Gasteiger partial charge in [0.2, 0.25) is 0 Å². The molecule has 1 atom stereocenters. The van der Waals surface area contributed by atoms with E-state index < -0.39 is 11.3 Å². The largest absolute Gasteiger partial charge is 0.335 e. The molecule has 1 fully saturated rings. The Hall–Kier alpha value is -1.60. The predicted octanol–water partition coefficient (Wildman–Crippen LogP) is 2.30. The highest BCUT2D eigenvalue weighted by Crippen LogP contribution is 2.18. The molecule has 19 heavy (non-hydrogen) atoms. The maximum Gasteiger partial charge on any atom is 0.319 e. The number of carbonyl (C=O) groups excluding carboxylic acids is 1. The van der Waals surface area contributed by atoms with Gasteiger partial charge in [-0.05, 0) is 37.1 Å². The molecule has 0 aromatic heterocycles. The zero-order valence-electron chi connectivity index (χ0n) is 10.4. The molecule has 7 heteroatoms. The number of urea groups is 1. The molecule has 1 unspecified atom stereocenters. The minimum atomic E-state index is -2.09. The molecule has 104 valence electrons. The molecular weight excluding hydrogens is 266 g/mol. The highest BCUT2D eigenvalue weighted by atomic mass is 32.2. The van der Waals surface area contributed by atoms with E-state index in [1.165, 1.54) is 12.8 Å². The first-order valence-corrected chi connectivity index (χ1v) is 7.29. The Morgan fingerprint density at radius 2 is 1.74 bits per heavy atom. The standard InChI is InChI=1S/C12H17N3O3S/c16-12(13-9-3-1-2-4-9)14-10-5-7-11(8-6-10)15-19(17)18/h5-9,15H,1-4H2,(H,17,18)(H2,13,14,16). The second-order valence-corrected chi connectivity index (χ2v) is 5.21. The lowest BCUT2D eigenvalue weighted by Crippen LogP contribution is -2.36. The van der Waals surface area contributed by atoms with Gasteiger partial charge in [-0.3, -0.25) is 9.27 Å². The molecule has 0 saturated heterocycles. The zero-order valence-corrected chi connectivity index (χ0v) is 11.2. The number of rotatable bonds is 4. The Balaban J connectivity index is 1.84. The van der Waals surface area contributed by atoms with E-state index in [1.807, 2.05) is 0 Å². The lowest BCUT2D eigenvalue weighted by Gasteiger charge is -2.13. The third-order valence-electron chi connectivity index (χ3n) is 3.04. The summed E-state index contributed by atoms with van der Waals surface area (Å²) in [6, 6.07) is 6.65. The molecule has 0 bridgehead atoms. The van der Waals surface area contributed by atoms with Crippen LogP contribution in [-0.2, 0) is 11.3 Å². The number of carbonyl (C=O) groups is 1. The summed E-state index contributed by atoms with van der Waals surface area (Å²) in [6.07, 6.45) is 4.42. The Labute approximate surface area is 114 Å². The number of amides is 2. The molecule has 6 nitrogen and oxygen atoms in total. The second kappa shape index (κ2) is 6.53. The van der Waals surface area contributed by atoms with Crippen molar-refractivity contribution in [3.05, 3.63) is 24.3 Å². The van der Waals surface area contributed by atoms with Crippen LogP contribution >= 0.6 is 0 Å². The first-order chi connectivity index (χ1) is 9.13. The lowest BCUT2D eigenvalue weighted by molar-refractivity contribution is 0.248. The summed E-state index contributed by atoms with van der Waals surface area (Å²) in [4.78, 5) is 11.7. The van der Waals surface area contributed by atoms with Crippen LogP contribution in [0, 0.1) is 0 Å². The number of hydrogen-bond acceptors (Lipinski definition) is 2. The maximum atomic E-state index is 11.7. The average Bonchev–Trinajstić information content (AvgIpc) is 2.83. The fourth-order valence-electron chi connectivity index (χ4n) is 2.15. The third-order valence-corrected chi connectivity index (χ3v) is 3.45. The van der Waals surface area contributed by atoms with Gasteiger partial charge in [0.15, 0.2) is 0 Å². The van der Waals surface area contributed by atoms with Gasteiger partial charge < -0.3 is 10.6 Å². The van der Waals surface area contributed by atoms with Gasteiger partial charge in [-0.2, -0.15) is 0 Å². The van der Waals surface area contributed by atoms with Crippen LogP contribution in [0.1, 0.15) is 25.7 Å². The molecule has 2 rings (SSSR count). The van der Waals surface area contributed by atoms with Crippen LogP contribution in [0.2, 0.25) is 0 Å². The predicted molar refractivity (Wildman–Crippen MR) is 75.2 cm³/mol. The van der Waals surface area contributed by atoms with Crippen molar-refractivity contribution in [2.45, 2.75) is 31.7 Å². The minimum Gasteiger partial charge on any atom is -0.335 e. The molecule has 4 N–H and O–H groups in total. The van der Waals surface area contributed by atoms with Crippen LogP contribution in [0.25, 0.3) is 0 Å². The van der Waals surface area contributed by atoms with E-state index in [0.29, 0.717) is 11.4 Å². The summed E-state index contributed by atoms with van der Waals surface area (Å²) < 4.78 is 21.5. The summed E-state index contributed by atoms with van der Waals surface area (Å²) in [7, 11) is 0. The fraction of sp³-hybridized carbons (Fsp3) is 0.417. The van der Waals surface area contributed by atoms with Crippen molar-refractivity contribution >= 4 is 28.7 Å². The molecule has 2 amide bonds. The van der Waals surface area contributed by atoms with E-state index in [1.54, 1.807) is 24.3 Å². The van der Waals surface area contributed by atoms with E-state index in [0.717, 1.165) is 12.8 Å². The molecular formula is C12H17N3O3S. The van der Waals surface area contributed by atoms with E-state index in [-0.39, 0.29) is 12.1 Å². The van der Waals surface area contributed by atoms with Gasteiger partial charge >= 0.3 is 6.03 Å². The van der Waals surface area contributed by atoms with Crippen molar-refractivity contribution < 1.29 is 13.6 Å². The maximum absolute atomic E-state index is 11.7. The Bertz CT molecular complexity index is 458. The summed E-state index contributed by atoms with van der Waals surface area (Å²) in [6.45, 7) is 0. The van der Waals surface area contributed by atoms with Gasteiger partial charge in [0.05, 0.1) is 0 Å².